The lowest BCUT2D eigenvalue weighted by Crippen LogP contribution is -2.31. The summed E-state index contributed by atoms with van der Waals surface area (Å²) in [4.78, 5) is 16.3. The van der Waals surface area contributed by atoms with E-state index in [4.69, 9.17) is 9.47 Å². The molecule has 0 radical (unpaired) electrons. The average molecular weight is 318 g/mol. The smallest absolute Gasteiger partial charge is 0.270 e. The largest absolute Gasteiger partial charge is 0.486 e. The molecule has 0 spiro atoms. The number of amides is 1. The number of aromatic nitrogens is 1. The summed E-state index contributed by atoms with van der Waals surface area (Å²) in [5, 5.41) is 5.41. The number of carbonyl (C=O) groups excluding carboxylic acids is 1. The van der Waals surface area contributed by atoms with Gasteiger partial charge in [-0.05, 0) is 25.0 Å². The van der Waals surface area contributed by atoms with E-state index in [9.17, 15) is 4.79 Å². The van der Waals surface area contributed by atoms with Gasteiger partial charge in [-0.25, -0.2) is 4.98 Å². The standard InChI is InChI=1S/C16H18N2O3S/c19-16(17-9-13-7-4-8-20-13)14-11-22-15(18-14)10-21-12-5-2-1-3-6-12/h1-3,5-6,11,13H,4,7-10H2,(H,17,19)/t13-/m1/s1. The molecule has 1 aliphatic rings. The van der Waals surface area contributed by atoms with E-state index in [2.05, 4.69) is 10.3 Å². The highest BCUT2D eigenvalue weighted by molar-refractivity contribution is 7.09. The number of hydrogen-bond acceptors (Lipinski definition) is 5. The quantitative estimate of drug-likeness (QED) is 0.889. The number of nitrogens with one attached hydrogen (secondary N) is 1. The Labute approximate surface area is 133 Å². The molecule has 1 saturated heterocycles. The van der Waals surface area contributed by atoms with Crippen LogP contribution in [0.3, 0.4) is 0 Å². The zero-order chi connectivity index (χ0) is 15.2. The van der Waals surface area contributed by atoms with Gasteiger partial charge in [0.05, 0.1) is 6.10 Å². The van der Waals surface area contributed by atoms with Crippen LogP contribution in [-0.4, -0.2) is 30.1 Å². The average Bonchev–Trinajstić information content (AvgIpc) is 3.23. The first-order valence-corrected chi connectivity index (χ1v) is 8.21. The molecule has 1 aromatic heterocycles. The molecule has 0 unspecified atom stereocenters. The van der Waals surface area contributed by atoms with Gasteiger partial charge in [0.15, 0.2) is 0 Å². The van der Waals surface area contributed by atoms with E-state index in [1.165, 1.54) is 11.3 Å². The molecule has 0 bridgehead atoms. The number of hydrogen-bond donors (Lipinski definition) is 1. The van der Waals surface area contributed by atoms with Gasteiger partial charge in [-0.2, -0.15) is 0 Å². The summed E-state index contributed by atoms with van der Waals surface area (Å²) in [5.74, 6) is 0.639. The summed E-state index contributed by atoms with van der Waals surface area (Å²) in [7, 11) is 0. The van der Waals surface area contributed by atoms with E-state index in [0.717, 1.165) is 30.2 Å². The molecule has 6 heteroatoms. The lowest BCUT2D eigenvalue weighted by atomic mass is 10.2. The summed E-state index contributed by atoms with van der Waals surface area (Å²) in [6.07, 6.45) is 2.22. The van der Waals surface area contributed by atoms with Crippen molar-refractivity contribution < 1.29 is 14.3 Å². The molecule has 116 valence electrons. The maximum atomic E-state index is 12.0. The van der Waals surface area contributed by atoms with E-state index in [0.29, 0.717) is 18.8 Å². The van der Waals surface area contributed by atoms with E-state index in [1.54, 1.807) is 5.38 Å². The van der Waals surface area contributed by atoms with Gasteiger partial charge < -0.3 is 14.8 Å². The van der Waals surface area contributed by atoms with E-state index < -0.39 is 0 Å². The van der Waals surface area contributed by atoms with Crippen LogP contribution in [0.5, 0.6) is 5.75 Å². The molecule has 1 aromatic carbocycles. The molecule has 1 fully saturated rings. The minimum absolute atomic E-state index is 0.142. The van der Waals surface area contributed by atoms with Crippen LogP contribution in [0.1, 0.15) is 28.3 Å². The van der Waals surface area contributed by atoms with Gasteiger partial charge in [0.2, 0.25) is 0 Å². The van der Waals surface area contributed by atoms with Crippen molar-refractivity contribution in [3.8, 4) is 5.75 Å². The summed E-state index contributed by atoms with van der Waals surface area (Å²) < 4.78 is 11.1. The van der Waals surface area contributed by atoms with Crippen molar-refractivity contribution in [1.82, 2.24) is 10.3 Å². The molecule has 0 aliphatic carbocycles. The molecule has 1 amide bonds. The van der Waals surface area contributed by atoms with Crippen LogP contribution in [0.4, 0.5) is 0 Å². The Balaban J connectivity index is 1.48. The van der Waals surface area contributed by atoms with Crippen LogP contribution in [-0.2, 0) is 11.3 Å². The molecule has 1 N–H and O–H groups in total. The van der Waals surface area contributed by atoms with Crippen molar-refractivity contribution in [2.45, 2.75) is 25.6 Å². The Morgan fingerprint density at radius 1 is 1.41 bits per heavy atom. The third kappa shape index (κ3) is 4.05. The molecule has 2 heterocycles. The Morgan fingerprint density at radius 2 is 2.27 bits per heavy atom. The fourth-order valence-electron chi connectivity index (χ4n) is 2.25. The summed E-state index contributed by atoms with van der Waals surface area (Å²) >= 11 is 1.43. The molecular weight excluding hydrogens is 300 g/mol. The second kappa shape index (κ2) is 7.38. The fraction of sp³-hybridized carbons (Fsp3) is 0.375. The van der Waals surface area contributed by atoms with Gasteiger partial charge >= 0.3 is 0 Å². The second-order valence-electron chi connectivity index (χ2n) is 5.07. The topological polar surface area (TPSA) is 60.5 Å². The van der Waals surface area contributed by atoms with Gasteiger partial charge in [-0.15, -0.1) is 11.3 Å². The molecule has 1 atom stereocenters. The minimum atomic E-state index is -0.155. The number of benzene rings is 1. The van der Waals surface area contributed by atoms with E-state index in [1.807, 2.05) is 30.3 Å². The molecule has 2 aromatic rings. The van der Waals surface area contributed by atoms with Crippen molar-refractivity contribution in [2.75, 3.05) is 13.2 Å². The monoisotopic (exact) mass is 318 g/mol. The predicted octanol–water partition coefficient (Wildman–Crippen LogP) is 2.63. The number of ether oxygens (including phenoxy) is 2. The number of rotatable bonds is 6. The zero-order valence-electron chi connectivity index (χ0n) is 12.2. The Hall–Kier alpha value is -1.92. The summed E-state index contributed by atoms with van der Waals surface area (Å²) in [6, 6.07) is 9.56. The zero-order valence-corrected chi connectivity index (χ0v) is 13.0. The van der Waals surface area contributed by atoms with Crippen molar-refractivity contribution in [3.63, 3.8) is 0 Å². The maximum absolute atomic E-state index is 12.0. The Bertz CT molecular complexity index is 609. The normalized spacial score (nSPS) is 17.4. The van der Waals surface area contributed by atoms with Crippen LogP contribution >= 0.6 is 11.3 Å². The highest BCUT2D eigenvalue weighted by Gasteiger charge is 2.17. The summed E-state index contributed by atoms with van der Waals surface area (Å²) in [6.45, 7) is 1.71. The first-order valence-electron chi connectivity index (χ1n) is 7.33. The third-order valence-corrected chi connectivity index (χ3v) is 4.23. The first kappa shape index (κ1) is 15.0. The molecule has 1 aliphatic heterocycles. The van der Waals surface area contributed by atoms with Crippen LogP contribution in [0.2, 0.25) is 0 Å². The van der Waals surface area contributed by atoms with Gasteiger partial charge in [-0.3, -0.25) is 4.79 Å². The SMILES string of the molecule is O=C(NC[C@H]1CCCO1)c1csc(COc2ccccc2)n1. The van der Waals surface area contributed by atoms with Crippen LogP contribution < -0.4 is 10.1 Å². The van der Waals surface area contributed by atoms with Crippen molar-refractivity contribution in [1.29, 1.82) is 0 Å². The lowest BCUT2D eigenvalue weighted by molar-refractivity contribution is 0.0854. The van der Waals surface area contributed by atoms with Crippen molar-refractivity contribution in [3.05, 3.63) is 46.4 Å². The fourth-order valence-corrected chi connectivity index (χ4v) is 2.93. The summed E-state index contributed by atoms with van der Waals surface area (Å²) in [5.41, 5.74) is 0.439. The highest BCUT2D eigenvalue weighted by Crippen LogP contribution is 2.15. The number of carbonyl (C=O) groups is 1. The highest BCUT2D eigenvalue weighted by atomic mass is 32.1. The molecule has 5 nitrogen and oxygen atoms in total. The molecule has 0 saturated carbocycles. The van der Waals surface area contributed by atoms with Gasteiger partial charge in [-0.1, -0.05) is 18.2 Å². The number of thiazole rings is 1. The lowest BCUT2D eigenvalue weighted by Gasteiger charge is -2.09. The third-order valence-electron chi connectivity index (χ3n) is 3.40. The van der Waals surface area contributed by atoms with E-state index in [-0.39, 0.29) is 12.0 Å². The molecular formula is C16H18N2O3S. The van der Waals surface area contributed by atoms with Crippen LogP contribution in [0, 0.1) is 0 Å². The predicted molar refractivity (Wildman–Crippen MR) is 84.2 cm³/mol. The minimum Gasteiger partial charge on any atom is -0.486 e. The van der Waals surface area contributed by atoms with Gasteiger partial charge in [0, 0.05) is 18.5 Å². The second-order valence-corrected chi connectivity index (χ2v) is 6.02. The van der Waals surface area contributed by atoms with Crippen molar-refractivity contribution in [2.24, 2.45) is 0 Å². The number of para-hydroxylation sites is 1. The Morgan fingerprint density at radius 3 is 3.05 bits per heavy atom. The van der Waals surface area contributed by atoms with Gasteiger partial charge in [0.1, 0.15) is 23.1 Å². The Kier molecular flexibility index (Phi) is 5.03. The maximum Gasteiger partial charge on any atom is 0.270 e. The van der Waals surface area contributed by atoms with Crippen LogP contribution in [0.15, 0.2) is 35.7 Å². The first-order chi connectivity index (χ1) is 10.8. The van der Waals surface area contributed by atoms with Gasteiger partial charge in [0.25, 0.3) is 5.91 Å². The molecule has 22 heavy (non-hydrogen) atoms. The van der Waals surface area contributed by atoms with E-state index >= 15 is 0 Å². The molecule has 3 rings (SSSR count). The van der Waals surface area contributed by atoms with Crippen LogP contribution in [0.25, 0.3) is 0 Å². The number of nitrogens with zero attached hydrogens (tertiary/aromatic N) is 1. The van der Waals surface area contributed by atoms with Crippen molar-refractivity contribution >= 4 is 17.2 Å².